The van der Waals surface area contributed by atoms with Gasteiger partial charge in [0, 0.05) is 5.39 Å². The first-order chi connectivity index (χ1) is 12.8. The number of hydrogen-bond acceptors (Lipinski definition) is 2. The summed E-state index contributed by atoms with van der Waals surface area (Å²) in [5, 5.41) is 11.5. The van der Waals surface area contributed by atoms with Crippen molar-refractivity contribution in [3.8, 4) is 0 Å². The van der Waals surface area contributed by atoms with E-state index in [0.717, 1.165) is 24.2 Å². The zero-order valence-corrected chi connectivity index (χ0v) is 15.9. The summed E-state index contributed by atoms with van der Waals surface area (Å²) in [5.41, 5.74) is 4.62. The second-order valence-corrected chi connectivity index (χ2v) is 6.86. The van der Waals surface area contributed by atoms with Gasteiger partial charge in [-0.1, -0.05) is 69.2 Å². The van der Waals surface area contributed by atoms with Gasteiger partial charge in [-0.3, -0.25) is 0 Å². The van der Waals surface area contributed by atoms with Gasteiger partial charge in [0.05, 0.1) is 11.4 Å². The Morgan fingerprint density at radius 1 is 0.654 bits per heavy atom. The number of rotatable bonds is 8. The first-order valence-electron chi connectivity index (χ1n) is 9.83. The molecule has 0 aliphatic carbocycles. The van der Waals surface area contributed by atoms with Crippen LogP contribution in [0.1, 0.15) is 50.7 Å². The van der Waals surface area contributed by atoms with Crippen molar-refractivity contribution in [2.24, 2.45) is 10.2 Å². The van der Waals surface area contributed by atoms with Crippen molar-refractivity contribution in [1.82, 2.24) is 0 Å². The number of fused-ring (bicyclic) bond motifs is 1. The lowest BCUT2D eigenvalue weighted by Crippen LogP contribution is -1.87. The molecule has 0 spiro atoms. The molecule has 0 heterocycles. The van der Waals surface area contributed by atoms with Gasteiger partial charge in [-0.2, -0.15) is 5.11 Å². The van der Waals surface area contributed by atoms with Crippen LogP contribution >= 0.6 is 0 Å². The first kappa shape index (κ1) is 18.3. The minimum atomic E-state index is 0.907. The lowest BCUT2D eigenvalue weighted by Gasteiger charge is -2.08. The molecule has 0 bridgehead atoms. The van der Waals surface area contributed by atoms with E-state index in [1.165, 1.54) is 47.6 Å². The van der Waals surface area contributed by atoms with Crippen LogP contribution in [0.2, 0.25) is 0 Å². The predicted molar refractivity (Wildman–Crippen MR) is 112 cm³/mol. The maximum absolute atomic E-state index is 4.54. The molecule has 3 aromatic rings. The smallest absolute Gasteiger partial charge is 0.0935 e. The van der Waals surface area contributed by atoms with E-state index in [0.29, 0.717) is 0 Å². The third-order valence-electron chi connectivity index (χ3n) is 4.82. The number of aryl methyl sites for hydroxylation is 2. The van der Waals surface area contributed by atoms with Crippen LogP contribution in [0.3, 0.4) is 0 Å². The summed E-state index contributed by atoms with van der Waals surface area (Å²) >= 11 is 0. The maximum atomic E-state index is 4.54. The molecule has 0 aliphatic heterocycles. The van der Waals surface area contributed by atoms with Crippen molar-refractivity contribution in [3.63, 3.8) is 0 Å². The Morgan fingerprint density at radius 2 is 1.35 bits per heavy atom. The Balaban J connectivity index is 1.83. The quantitative estimate of drug-likeness (QED) is 0.370. The monoisotopic (exact) mass is 344 g/mol. The molecule has 0 saturated heterocycles. The van der Waals surface area contributed by atoms with Gasteiger partial charge in [0.25, 0.3) is 0 Å². The molecule has 0 amide bonds. The Bertz CT molecular complexity index is 863. The van der Waals surface area contributed by atoms with Crippen molar-refractivity contribution in [2.45, 2.75) is 52.4 Å². The fourth-order valence-corrected chi connectivity index (χ4v) is 3.24. The third-order valence-corrected chi connectivity index (χ3v) is 4.82. The van der Waals surface area contributed by atoms with Gasteiger partial charge in [0.15, 0.2) is 0 Å². The lowest BCUT2D eigenvalue weighted by molar-refractivity contribution is 0.795. The second-order valence-electron chi connectivity index (χ2n) is 6.86. The minimum absolute atomic E-state index is 0.907. The highest BCUT2D eigenvalue weighted by Gasteiger charge is 2.05. The zero-order chi connectivity index (χ0) is 18.2. The number of azo groups is 1. The van der Waals surface area contributed by atoms with E-state index in [4.69, 9.17) is 0 Å². The van der Waals surface area contributed by atoms with Crippen LogP contribution in [0.25, 0.3) is 10.8 Å². The molecule has 0 atom stereocenters. The second kappa shape index (κ2) is 9.28. The first-order valence-corrected chi connectivity index (χ1v) is 9.83. The summed E-state index contributed by atoms with van der Waals surface area (Å²) in [6, 6.07) is 21.3. The van der Waals surface area contributed by atoms with E-state index in [2.05, 4.69) is 84.7 Å². The molecule has 0 aliphatic rings. The van der Waals surface area contributed by atoms with Crippen LogP contribution in [0.4, 0.5) is 11.4 Å². The average molecular weight is 345 g/mol. The summed E-state index contributed by atoms with van der Waals surface area (Å²) in [7, 11) is 0. The zero-order valence-electron chi connectivity index (χ0n) is 15.9. The van der Waals surface area contributed by atoms with Crippen LogP contribution < -0.4 is 0 Å². The van der Waals surface area contributed by atoms with E-state index >= 15 is 0 Å². The van der Waals surface area contributed by atoms with Crippen LogP contribution in [-0.4, -0.2) is 0 Å². The summed E-state index contributed by atoms with van der Waals surface area (Å²) in [6.07, 6.45) is 7.14. The van der Waals surface area contributed by atoms with Gasteiger partial charge in [-0.15, -0.1) is 5.11 Å². The summed E-state index contributed by atoms with van der Waals surface area (Å²) in [5.74, 6) is 0. The van der Waals surface area contributed by atoms with E-state index in [-0.39, 0.29) is 0 Å². The standard InChI is InChI=1S/C24H28N2/c1-3-5-9-19-13-16-21(17-14-19)25-26-24-18-15-20(10-6-4-2)22-11-7-8-12-23(22)24/h7-8,11-18H,3-6,9-10H2,1-2H3/b26-25+. The highest BCUT2D eigenvalue weighted by atomic mass is 15.1. The maximum Gasteiger partial charge on any atom is 0.0935 e. The van der Waals surface area contributed by atoms with E-state index in [1.54, 1.807) is 0 Å². The topological polar surface area (TPSA) is 24.7 Å². The lowest BCUT2D eigenvalue weighted by atomic mass is 9.99. The van der Waals surface area contributed by atoms with Gasteiger partial charge >= 0.3 is 0 Å². The molecule has 3 rings (SSSR count). The number of benzene rings is 3. The molecule has 2 nitrogen and oxygen atoms in total. The normalized spacial score (nSPS) is 11.5. The molecule has 0 fully saturated rings. The molecule has 26 heavy (non-hydrogen) atoms. The minimum Gasteiger partial charge on any atom is -0.151 e. The molecule has 0 N–H and O–H groups in total. The van der Waals surface area contributed by atoms with Crippen molar-refractivity contribution in [2.75, 3.05) is 0 Å². The van der Waals surface area contributed by atoms with Crippen molar-refractivity contribution in [3.05, 3.63) is 71.8 Å². The van der Waals surface area contributed by atoms with Crippen molar-refractivity contribution >= 4 is 22.1 Å². The molecular formula is C24H28N2. The van der Waals surface area contributed by atoms with Gasteiger partial charge < -0.3 is 0 Å². The van der Waals surface area contributed by atoms with E-state index < -0.39 is 0 Å². The molecule has 134 valence electrons. The third kappa shape index (κ3) is 4.57. The highest BCUT2D eigenvalue weighted by molar-refractivity contribution is 5.94. The Kier molecular flexibility index (Phi) is 6.54. The van der Waals surface area contributed by atoms with E-state index in [1.807, 2.05) is 0 Å². The van der Waals surface area contributed by atoms with Crippen LogP contribution in [0.15, 0.2) is 70.9 Å². The predicted octanol–water partition coefficient (Wildman–Crippen LogP) is 7.94. The van der Waals surface area contributed by atoms with Gasteiger partial charge in [-0.25, -0.2) is 0 Å². The molecule has 2 heteroatoms. The van der Waals surface area contributed by atoms with Crippen LogP contribution in [0, 0.1) is 0 Å². The molecule has 3 aromatic carbocycles. The summed E-state index contributed by atoms with van der Waals surface area (Å²) < 4.78 is 0. The van der Waals surface area contributed by atoms with Crippen molar-refractivity contribution in [1.29, 1.82) is 0 Å². The van der Waals surface area contributed by atoms with Gasteiger partial charge in [-0.05, 0) is 60.4 Å². The molecular weight excluding hydrogens is 316 g/mol. The van der Waals surface area contributed by atoms with Crippen LogP contribution in [0.5, 0.6) is 0 Å². The number of nitrogens with zero attached hydrogens (tertiary/aromatic N) is 2. The summed E-state index contributed by atoms with van der Waals surface area (Å²) in [6.45, 7) is 4.46. The summed E-state index contributed by atoms with van der Waals surface area (Å²) in [4.78, 5) is 0. The van der Waals surface area contributed by atoms with Crippen LogP contribution in [-0.2, 0) is 12.8 Å². The molecule has 0 radical (unpaired) electrons. The fourth-order valence-electron chi connectivity index (χ4n) is 3.24. The highest BCUT2D eigenvalue weighted by Crippen LogP contribution is 2.31. The van der Waals surface area contributed by atoms with Gasteiger partial charge in [0.1, 0.15) is 0 Å². The van der Waals surface area contributed by atoms with Gasteiger partial charge in [0.2, 0.25) is 0 Å². The Morgan fingerprint density at radius 3 is 2.08 bits per heavy atom. The Labute approximate surface area is 157 Å². The SMILES string of the molecule is CCCCc1ccc(/N=N/c2ccc(CCCC)c3ccccc23)cc1. The number of unbranched alkanes of at least 4 members (excludes halogenated alkanes) is 2. The molecule has 0 saturated carbocycles. The molecule has 0 unspecified atom stereocenters. The van der Waals surface area contributed by atoms with Crippen molar-refractivity contribution < 1.29 is 0 Å². The Hall–Kier alpha value is -2.48. The molecule has 0 aromatic heterocycles. The number of hydrogen-bond donors (Lipinski definition) is 0. The average Bonchev–Trinajstić information content (AvgIpc) is 2.70. The van der Waals surface area contributed by atoms with E-state index in [9.17, 15) is 0 Å². The largest absolute Gasteiger partial charge is 0.151 e. The fraction of sp³-hybridized carbons (Fsp3) is 0.333.